The van der Waals surface area contributed by atoms with Gasteiger partial charge in [-0.25, -0.2) is 4.39 Å². The molecule has 32 heavy (non-hydrogen) atoms. The summed E-state index contributed by atoms with van der Waals surface area (Å²) in [5, 5.41) is 2.45. The predicted molar refractivity (Wildman–Crippen MR) is 128 cm³/mol. The molecule has 0 saturated carbocycles. The van der Waals surface area contributed by atoms with E-state index in [9.17, 15) is 4.39 Å². The number of ether oxygens (including phenoxy) is 1. The van der Waals surface area contributed by atoms with Gasteiger partial charge < -0.3 is 21.9 Å². The minimum Gasteiger partial charge on any atom is -0.376 e. The molecule has 1 saturated heterocycles. The van der Waals surface area contributed by atoms with Gasteiger partial charge in [-0.1, -0.05) is 54.6 Å². The van der Waals surface area contributed by atoms with Crippen LogP contribution in [-0.4, -0.2) is 31.3 Å². The monoisotopic (exact) mass is 434 g/mol. The summed E-state index contributed by atoms with van der Waals surface area (Å²) in [4.78, 5) is 4.21. The second kappa shape index (κ2) is 10.1. The van der Waals surface area contributed by atoms with Crippen LogP contribution in [0, 0.1) is 11.7 Å². The average molecular weight is 435 g/mol. The molecular weight excluding hydrogens is 403 g/mol. The van der Waals surface area contributed by atoms with Crippen LogP contribution in [0.5, 0.6) is 0 Å². The van der Waals surface area contributed by atoms with E-state index in [2.05, 4.69) is 47.5 Å². The minimum absolute atomic E-state index is 0.0686. The summed E-state index contributed by atoms with van der Waals surface area (Å²) in [6.45, 7) is 1.18. The van der Waals surface area contributed by atoms with Gasteiger partial charge >= 0.3 is 0 Å². The zero-order valence-corrected chi connectivity index (χ0v) is 18.2. The van der Waals surface area contributed by atoms with Crippen molar-refractivity contribution in [3.8, 4) is 0 Å². The Hall–Kier alpha value is -2.96. The van der Waals surface area contributed by atoms with Crippen molar-refractivity contribution < 1.29 is 9.13 Å². The topological polar surface area (TPSA) is 99.7 Å². The Labute approximate surface area is 188 Å². The number of rotatable bonds is 7. The van der Waals surface area contributed by atoms with Crippen LogP contribution in [0.1, 0.15) is 29.9 Å². The molecular formula is C26H31FN4O. The first-order valence-corrected chi connectivity index (χ1v) is 11.2. The lowest BCUT2D eigenvalue weighted by Crippen LogP contribution is -2.45. The Kier molecular flexibility index (Phi) is 7.02. The molecule has 0 unspecified atom stereocenters. The van der Waals surface area contributed by atoms with Crippen LogP contribution >= 0.6 is 0 Å². The molecule has 1 aliphatic rings. The van der Waals surface area contributed by atoms with Gasteiger partial charge in [0.2, 0.25) is 0 Å². The maximum absolute atomic E-state index is 13.2. The Morgan fingerprint density at radius 2 is 1.78 bits per heavy atom. The van der Waals surface area contributed by atoms with Crippen molar-refractivity contribution in [3.05, 3.63) is 83.7 Å². The number of nitrogens with two attached hydrogens (primary N) is 3. The maximum Gasteiger partial charge on any atom is 0.185 e. The van der Waals surface area contributed by atoms with Gasteiger partial charge in [0.05, 0.1) is 12.7 Å². The molecule has 5 nitrogen and oxygen atoms in total. The van der Waals surface area contributed by atoms with Gasteiger partial charge in [-0.15, -0.1) is 0 Å². The van der Waals surface area contributed by atoms with Crippen LogP contribution < -0.4 is 17.2 Å². The standard InChI is InChI=1S/C26H31FN4O/c27-22-9-5-17(6-10-22)13-24(28)25-15-21(11-12-31-26(29)30)23(16-32-25)20-8-7-18-3-1-2-4-19(18)14-20/h1-10,14,21,23-25H,11-13,15-16,28H2,(H4,29,30,31)/t21-,23-,24+,25+/m0/s1. The highest BCUT2D eigenvalue weighted by Gasteiger charge is 2.34. The molecule has 6 N–H and O–H groups in total. The predicted octanol–water partition coefficient (Wildman–Crippen LogP) is 3.70. The summed E-state index contributed by atoms with van der Waals surface area (Å²) < 4.78 is 19.5. The van der Waals surface area contributed by atoms with Crippen molar-refractivity contribution in [3.63, 3.8) is 0 Å². The van der Waals surface area contributed by atoms with Crippen molar-refractivity contribution in [2.24, 2.45) is 28.1 Å². The molecule has 0 spiro atoms. The Morgan fingerprint density at radius 1 is 1.03 bits per heavy atom. The van der Waals surface area contributed by atoms with Crippen molar-refractivity contribution in [2.75, 3.05) is 13.2 Å². The minimum atomic E-state index is -0.241. The molecule has 0 bridgehead atoms. The first-order chi connectivity index (χ1) is 15.5. The molecule has 1 fully saturated rings. The molecule has 0 radical (unpaired) electrons. The smallest absolute Gasteiger partial charge is 0.185 e. The fourth-order valence-electron chi connectivity index (χ4n) is 4.70. The van der Waals surface area contributed by atoms with Crippen LogP contribution in [0.25, 0.3) is 10.8 Å². The molecule has 1 heterocycles. The molecule has 3 aromatic carbocycles. The molecule has 168 valence electrons. The summed E-state index contributed by atoms with van der Waals surface area (Å²) in [5.74, 6) is 0.471. The lowest BCUT2D eigenvalue weighted by atomic mass is 9.77. The van der Waals surface area contributed by atoms with E-state index in [1.165, 1.54) is 28.5 Å². The summed E-state index contributed by atoms with van der Waals surface area (Å²) >= 11 is 0. The molecule has 6 heteroatoms. The third kappa shape index (κ3) is 5.44. The highest BCUT2D eigenvalue weighted by molar-refractivity contribution is 5.83. The Bertz CT molecular complexity index is 1060. The van der Waals surface area contributed by atoms with Crippen molar-refractivity contribution in [2.45, 2.75) is 37.3 Å². The van der Waals surface area contributed by atoms with Crippen LogP contribution in [0.4, 0.5) is 4.39 Å². The van der Waals surface area contributed by atoms with Crippen LogP contribution in [0.2, 0.25) is 0 Å². The summed E-state index contributed by atoms with van der Waals surface area (Å²) in [7, 11) is 0. The molecule has 4 atom stereocenters. The van der Waals surface area contributed by atoms with Crippen LogP contribution in [-0.2, 0) is 11.2 Å². The Morgan fingerprint density at radius 3 is 2.53 bits per heavy atom. The van der Waals surface area contributed by atoms with Crippen molar-refractivity contribution in [1.82, 2.24) is 0 Å². The van der Waals surface area contributed by atoms with Crippen molar-refractivity contribution >= 4 is 16.7 Å². The summed E-state index contributed by atoms with van der Waals surface area (Å²) in [6, 6.07) is 21.3. The van der Waals surface area contributed by atoms with Crippen molar-refractivity contribution in [1.29, 1.82) is 0 Å². The quantitative estimate of drug-likeness (QED) is 0.390. The number of hydrogen-bond donors (Lipinski definition) is 3. The first kappa shape index (κ1) is 22.2. The SMILES string of the molecule is NC(N)=NCC[C@H]1C[C@H]([C@H](N)Cc2ccc(F)cc2)OC[C@H]1c1ccc2ccccc2c1. The van der Waals surface area contributed by atoms with Crippen LogP contribution in [0.15, 0.2) is 71.7 Å². The second-order valence-corrected chi connectivity index (χ2v) is 8.67. The zero-order valence-electron chi connectivity index (χ0n) is 18.2. The van der Waals surface area contributed by atoms with E-state index in [-0.39, 0.29) is 29.8 Å². The molecule has 0 amide bonds. The molecule has 0 aromatic heterocycles. The van der Waals surface area contributed by atoms with Gasteiger partial charge in [0.25, 0.3) is 0 Å². The fraction of sp³-hybridized carbons (Fsp3) is 0.346. The lowest BCUT2D eigenvalue weighted by Gasteiger charge is -2.39. The van der Waals surface area contributed by atoms with E-state index in [0.717, 1.165) is 18.4 Å². The highest BCUT2D eigenvalue weighted by atomic mass is 19.1. The normalized spacial score (nSPS) is 21.9. The number of aliphatic imine (C=N–C) groups is 1. The largest absolute Gasteiger partial charge is 0.376 e. The number of fused-ring (bicyclic) bond motifs is 1. The average Bonchev–Trinajstić information content (AvgIpc) is 2.80. The lowest BCUT2D eigenvalue weighted by molar-refractivity contribution is -0.0374. The van der Waals surface area contributed by atoms with Gasteiger partial charge in [0.15, 0.2) is 5.96 Å². The van der Waals surface area contributed by atoms with Gasteiger partial charge in [-0.3, -0.25) is 4.99 Å². The van der Waals surface area contributed by atoms with E-state index < -0.39 is 0 Å². The maximum atomic E-state index is 13.2. The third-order valence-corrected chi connectivity index (χ3v) is 6.45. The van der Waals surface area contributed by atoms with E-state index in [1.54, 1.807) is 12.1 Å². The number of benzene rings is 3. The van der Waals surface area contributed by atoms with Gasteiger partial charge in [0, 0.05) is 18.5 Å². The van der Waals surface area contributed by atoms with Gasteiger partial charge in [-0.2, -0.15) is 0 Å². The molecule has 1 aliphatic heterocycles. The fourth-order valence-corrected chi connectivity index (χ4v) is 4.70. The van der Waals surface area contributed by atoms with E-state index in [4.69, 9.17) is 21.9 Å². The highest BCUT2D eigenvalue weighted by Crippen LogP contribution is 2.38. The third-order valence-electron chi connectivity index (χ3n) is 6.45. The number of nitrogens with zero attached hydrogens (tertiary/aromatic N) is 1. The van der Waals surface area contributed by atoms with E-state index in [0.29, 0.717) is 25.5 Å². The molecule has 0 aliphatic carbocycles. The zero-order chi connectivity index (χ0) is 22.5. The van der Waals surface area contributed by atoms with Gasteiger partial charge in [-0.05, 0) is 59.2 Å². The Balaban J connectivity index is 1.50. The second-order valence-electron chi connectivity index (χ2n) is 8.67. The number of guanidine groups is 1. The summed E-state index contributed by atoms with van der Waals surface area (Å²) in [5.41, 5.74) is 19.9. The summed E-state index contributed by atoms with van der Waals surface area (Å²) in [6.07, 6.45) is 2.27. The van der Waals surface area contributed by atoms with Crippen LogP contribution in [0.3, 0.4) is 0 Å². The van der Waals surface area contributed by atoms with E-state index >= 15 is 0 Å². The molecule has 4 rings (SSSR count). The number of halogens is 1. The van der Waals surface area contributed by atoms with Gasteiger partial charge in [0.1, 0.15) is 5.82 Å². The van der Waals surface area contributed by atoms with E-state index in [1.807, 2.05) is 0 Å². The first-order valence-electron chi connectivity index (χ1n) is 11.2. The number of hydrogen-bond acceptors (Lipinski definition) is 3. The molecule has 3 aromatic rings.